The van der Waals surface area contributed by atoms with Gasteiger partial charge in [0.15, 0.2) is 0 Å². The van der Waals surface area contributed by atoms with E-state index in [1.165, 1.54) is 31.3 Å². The third-order valence-corrected chi connectivity index (χ3v) is 2.81. The van der Waals surface area contributed by atoms with Crippen molar-refractivity contribution in [3.05, 3.63) is 23.8 Å². The summed E-state index contributed by atoms with van der Waals surface area (Å²) in [5.41, 5.74) is 1.46. The molecule has 0 aliphatic heterocycles. The van der Waals surface area contributed by atoms with E-state index in [0.29, 0.717) is 0 Å². The van der Waals surface area contributed by atoms with Gasteiger partial charge < -0.3 is 5.32 Å². The van der Waals surface area contributed by atoms with Crippen LogP contribution in [0.3, 0.4) is 0 Å². The molecule has 0 saturated heterocycles. The Bertz CT molecular complexity index is 315. The van der Waals surface area contributed by atoms with Gasteiger partial charge >= 0.3 is 0 Å². The van der Waals surface area contributed by atoms with E-state index in [1.54, 1.807) is 6.33 Å². The minimum Gasteiger partial charge on any atom is -0.304 e. The minimum atomic E-state index is 0.234. The highest BCUT2D eigenvalue weighted by Gasteiger charge is 2.19. The molecule has 1 aliphatic carbocycles. The lowest BCUT2D eigenvalue weighted by molar-refractivity contribution is 0.543. The molecule has 1 aliphatic rings. The van der Waals surface area contributed by atoms with Crippen molar-refractivity contribution in [1.82, 2.24) is 20.5 Å². The first kappa shape index (κ1) is 10.4. The first-order valence-electron chi connectivity index (χ1n) is 5.69. The van der Waals surface area contributed by atoms with Gasteiger partial charge in [-0.2, -0.15) is 5.10 Å². The molecular weight excluding hydrogens is 188 g/mol. The molecule has 15 heavy (non-hydrogen) atoms. The third kappa shape index (κ3) is 2.45. The quantitative estimate of drug-likeness (QED) is 0.740. The average Bonchev–Trinajstić information content (AvgIpc) is 2.80. The van der Waals surface area contributed by atoms with Crippen LogP contribution in [0.15, 0.2) is 18.0 Å². The molecule has 4 nitrogen and oxygen atoms in total. The summed E-state index contributed by atoms with van der Waals surface area (Å²) in [6.45, 7) is 3.06. The third-order valence-electron chi connectivity index (χ3n) is 2.81. The van der Waals surface area contributed by atoms with Crippen molar-refractivity contribution < 1.29 is 0 Å². The molecule has 0 saturated carbocycles. The zero-order chi connectivity index (χ0) is 10.5. The molecule has 2 N–H and O–H groups in total. The van der Waals surface area contributed by atoms with Crippen molar-refractivity contribution in [2.75, 3.05) is 6.54 Å². The van der Waals surface area contributed by atoms with Crippen LogP contribution in [-0.2, 0) is 0 Å². The summed E-state index contributed by atoms with van der Waals surface area (Å²) in [7, 11) is 0. The summed E-state index contributed by atoms with van der Waals surface area (Å²) < 4.78 is 0. The molecule has 2 rings (SSSR count). The van der Waals surface area contributed by atoms with Crippen LogP contribution in [0.25, 0.3) is 0 Å². The van der Waals surface area contributed by atoms with E-state index < -0.39 is 0 Å². The van der Waals surface area contributed by atoms with Crippen molar-refractivity contribution in [3.8, 4) is 0 Å². The molecule has 0 radical (unpaired) electrons. The maximum Gasteiger partial charge on any atom is 0.145 e. The number of H-pyrrole nitrogens is 1. The predicted octanol–water partition coefficient (Wildman–Crippen LogP) is 1.96. The molecule has 4 heteroatoms. The fourth-order valence-corrected chi connectivity index (χ4v) is 2.09. The molecule has 1 aromatic rings. The van der Waals surface area contributed by atoms with Gasteiger partial charge in [-0.25, -0.2) is 4.98 Å². The number of hydrogen-bond acceptors (Lipinski definition) is 3. The van der Waals surface area contributed by atoms with E-state index >= 15 is 0 Å². The summed E-state index contributed by atoms with van der Waals surface area (Å²) >= 11 is 0. The van der Waals surface area contributed by atoms with Gasteiger partial charge in [-0.05, 0) is 37.8 Å². The zero-order valence-corrected chi connectivity index (χ0v) is 9.16. The van der Waals surface area contributed by atoms with Crippen LogP contribution in [-0.4, -0.2) is 21.7 Å². The number of hydrogen-bond donors (Lipinski definition) is 2. The lowest BCUT2D eigenvalue weighted by atomic mass is 9.93. The number of aromatic amines is 1. The predicted molar refractivity (Wildman–Crippen MR) is 59.4 cm³/mol. The van der Waals surface area contributed by atoms with Gasteiger partial charge in [0.25, 0.3) is 0 Å². The molecular formula is C11H18N4. The number of nitrogens with one attached hydrogen (secondary N) is 2. The SMILES string of the molecule is CCNC(C1=CCCCC1)c1ncn[nH]1. The van der Waals surface area contributed by atoms with Crippen LogP contribution in [0.1, 0.15) is 44.5 Å². The monoisotopic (exact) mass is 206 g/mol. The van der Waals surface area contributed by atoms with E-state index in [1.807, 2.05) is 0 Å². The van der Waals surface area contributed by atoms with E-state index in [9.17, 15) is 0 Å². The van der Waals surface area contributed by atoms with Crippen LogP contribution in [0.2, 0.25) is 0 Å². The number of likely N-dealkylation sites (N-methyl/N-ethyl adjacent to an activating group) is 1. The normalized spacial score (nSPS) is 18.6. The van der Waals surface area contributed by atoms with Gasteiger partial charge in [-0.3, -0.25) is 5.10 Å². The van der Waals surface area contributed by atoms with Crippen LogP contribution in [0.4, 0.5) is 0 Å². The highest BCUT2D eigenvalue weighted by Crippen LogP contribution is 2.27. The molecule has 0 fully saturated rings. The maximum atomic E-state index is 4.24. The molecule has 0 aromatic carbocycles. The number of nitrogens with zero attached hydrogens (tertiary/aromatic N) is 2. The second-order valence-electron chi connectivity index (χ2n) is 3.89. The minimum absolute atomic E-state index is 0.234. The summed E-state index contributed by atoms with van der Waals surface area (Å²) in [5.74, 6) is 0.935. The van der Waals surface area contributed by atoms with E-state index in [2.05, 4.69) is 33.5 Å². The molecule has 1 atom stereocenters. The maximum absolute atomic E-state index is 4.24. The second kappa shape index (κ2) is 5.07. The van der Waals surface area contributed by atoms with Crippen molar-refractivity contribution in [1.29, 1.82) is 0 Å². The topological polar surface area (TPSA) is 53.6 Å². The molecule has 0 amide bonds. The van der Waals surface area contributed by atoms with Crippen molar-refractivity contribution >= 4 is 0 Å². The Labute approximate surface area is 90.2 Å². The Morgan fingerprint density at radius 3 is 3.07 bits per heavy atom. The Morgan fingerprint density at radius 1 is 1.53 bits per heavy atom. The van der Waals surface area contributed by atoms with Crippen molar-refractivity contribution in [2.45, 2.75) is 38.6 Å². The van der Waals surface area contributed by atoms with Gasteiger partial charge in [0.2, 0.25) is 0 Å². The molecule has 0 spiro atoms. The summed E-state index contributed by atoms with van der Waals surface area (Å²) in [5, 5.41) is 10.3. The Kier molecular flexibility index (Phi) is 3.50. The average molecular weight is 206 g/mol. The fourth-order valence-electron chi connectivity index (χ4n) is 2.09. The van der Waals surface area contributed by atoms with Crippen LogP contribution >= 0.6 is 0 Å². The Morgan fingerprint density at radius 2 is 2.47 bits per heavy atom. The standard InChI is InChI=1S/C11H18N4/c1-2-12-10(11-13-8-14-15-11)9-6-4-3-5-7-9/h6,8,10,12H,2-5,7H2,1H3,(H,13,14,15). The van der Waals surface area contributed by atoms with E-state index in [4.69, 9.17) is 0 Å². The molecule has 0 bridgehead atoms. The highest BCUT2D eigenvalue weighted by atomic mass is 15.2. The van der Waals surface area contributed by atoms with Gasteiger partial charge in [0.05, 0.1) is 6.04 Å². The summed E-state index contributed by atoms with van der Waals surface area (Å²) in [4.78, 5) is 4.24. The first-order valence-corrected chi connectivity index (χ1v) is 5.69. The second-order valence-corrected chi connectivity index (χ2v) is 3.89. The zero-order valence-electron chi connectivity index (χ0n) is 9.16. The van der Waals surface area contributed by atoms with Crippen LogP contribution < -0.4 is 5.32 Å². The number of allylic oxidation sites excluding steroid dienone is 1. The fraction of sp³-hybridized carbons (Fsp3) is 0.636. The highest BCUT2D eigenvalue weighted by molar-refractivity contribution is 5.18. The molecule has 1 aromatic heterocycles. The lowest BCUT2D eigenvalue weighted by Crippen LogP contribution is -2.24. The van der Waals surface area contributed by atoms with Crippen LogP contribution in [0, 0.1) is 0 Å². The largest absolute Gasteiger partial charge is 0.304 e. The summed E-state index contributed by atoms with van der Waals surface area (Å²) in [6, 6.07) is 0.234. The molecule has 1 unspecified atom stereocenters. The number of aromatic nitrogens is 3. The Balaban J connectivity index is 2.15. The lowest BCUT2D eigenvalue weighted by Gasteiger charge is -2.21. The summed E-state index contributed by atoms with van der Waals surface area (Å²) in [6.07, 6.45) is 8.91. The molecule has 1 heterocycles. The number of rotatable bonds is 4. The van der Waals surface area contributed by atoms with Crippen LogP contribution in [0.5, 0.6) is 0 Å². The van der Waals surface area contributed by atoms with Gasteiger partial charge in [-0.1, -0.05) is 13.0 Å². The first-order chi connectivity index (χ1) is 7.42. The smallest absolute Gasteiger partial charge is 0.145 e. The van der Waals surface area contributed by atoms with Crippen molar-refractivity contribution in [2.24, 2.45) is 0 Å². The van der Waals surface area contributed by atoms with E-state index in [0.717, 1.165) is 12.4 Å². The van der Waals surface area contributed by atoms with Crippen molar-refractivity contribution in [3.63, 3.8) is 0 Å². The van der Waals surface area contributed by atoms with Gasteiger partial charge in [0.1, 0.15) is 12.2 Å². The van der Waals surface area contributed by atoms with Gasteiger partial charge in [-0.15, -0.1) is 0 Å². The molecule has 82 valence electrons. The van der Waals surface area contributed by atoms with E-state index in [-0.39, 0.29) is 6.04 Å². The van der Waals surface area contributed by atoms with Gasteiger partial charge in [0, 0.05) is 0 Å². The Hall–Kier alpha value is -1.16.